The number of epoxide rings is 2. The largest absolute Gasteiger partial charge is 0.427 e. The summed E-state index contributed by atoms with van der Waals surface area (Å²) in [5, 5.41) is 1.85. The van der Waals surface area contributed by atoms with Gasteiger partial charge in [0.2, 0.25) is 0 Å². The summed E-state index contributed by atoms with van der Waals surface area (Å²) in [4.78, 5) is 24.2. The zero-order valence-corrected chi connectivity index (χ0v) is 18.6. The lowest BCUT2D eigenvalue weighted by Crippen LogP contribution is -2.09. The van der Waals surface area contributed by atoms with Crippen LogP contribution in [0, 0.1) is 0 Å². The second-order valence-corrected chi connectivity index (χ2v) is 8.73. The highest BCUT2D eigenvalue weighted by Gasteiger charge is 2.23. The molecule has 32 heavy (non-hydrogen) atoms. The fraction of sp³-hybridized carbons (Fsp3) is 0.538. The van der Waals surface area contributed by atoms with E-state index in [2.05, 4.69) is 0 Å². The fourth-order valence-electron chi connectivity index (χ4n) is 3.79. The summed E-state index contributed by atoms with van der Waals surface area (Å²) in [6.45, 7) is 1.69. The highest BCUT2D eigenvalue weighted by atomic mass is 16.6. The first kappa shape index (κ1) is 22.7. The smallest absolute Gasteiger partial charge is 0.311 e. The Balaban J connectivity index is 1.17. The van der Waals surface area contributed by atoms with Crippen LogP contribution in [0.5, 0.6) is 11.5 Å². The van der Waals surface area contributed by atoms with E-state index in [1.807, 2.05) is 18.2 Å². The molecule has 0 radical (unpaired) electrons. The molecule has 2 saturated heterocycles. The third-order valence-corrected chi connectivity index (χ3v) is 5.88. The van der Waals surface area contributed by atoms with Crippen molar-refractivity contribution in [3.63, 3.8) is 0 Å². The van der Waals surface area contributed by atoms with Gasteiger partial charge in [-0.05, 0) is 54.3 Å². The third-order valence-electron chi connectivity index (χ3n) is 5.88. The summed E-state index contributed by atoms with van der Waals surface area (Å²) in [7, 11) is 0. The quantitative estimate of drug-likeness (QED) is 0.171. The number of hydrogen-bond acceptors (Lipinski definition) is 6. The molecule has 2 aromatic rings. The second kappa shape index (κ2) is 11.4. The third kappa shape index (κ3) is 7.92. The van der Waals surface area contributed by atoms with Crippen LogP contribution >= 0.6 is 0 Å². The number of unbranched alkanes of at least 4 members (excludes halogenated alkanes) is 5. The van der Waals surface area contributed by atoms with Gasteiger partial charge < -0.3 is 18.9 Å². The molecular weight excluding hydrogens is 408 g/mol. The molecule has 0 amide bonds. The standard InChI is InChI=1S/C26H32O6/c27-25(8-6-4-2-1-3-5-7-23-17-29-23)31-21-11-9-19-10-12-22(16-20(19)15-21)32-26(28)14-13-24-18-30-24/h9-12,15-16,23-24H,1-8,13-14,17-18H2. The van der Waals surface area contributed by atoms with E-state index >= 15 is 0 Å². The molecule has 0 aromatic heterocycles. The van der Waals surface area contributed by atoms with E-state index in [-0.39, 0.29) is 18.0 Å². The van der Waals surface area contributed by atoms with Gasteiger partial charge in [0.25, 0.3) is 0 Å². The molecule has 2 aliphatic rings. The minimum absolute atomic E-state index is 0.208. The molecular formula is C26H32O6. The van der Waals surface area contributed by atoms with Crippen molar-refractivity contribution in [2.24, 2.45) is 0 Å². The molecule has 2 unspecified atom stereocenters. The van der Waals surface area contributed by atoms with Crippen molar-refractivity contribution in [1.29, 1.82) is 0 Å². The summed E-state index contributed by atoms with van der Waals surface area (Å²) in [5.41, 5.74) is 0. The maximum Gasteiger partial charge on any atom is 0.311 e. The van der Waals surface area contributed by atoms with E-state index in [0.29, 0.717) is 36.9 Å². The number of benzene rings is 2. The van der Waals surface area contributed by atoms with E-state index in [1.54, 1.807) is 18.2 Å². The van der Waals surface area contributed by atoms with Crippen LogP contribution in [-0.2, 0) is 19.1 Å². The summed E-state index contributed by atoms with van der Waals surface area (Å²) in [5.74, 6) is 0.533. The predicted octanol–water partition coefficient (Wildman–Crippen LogP) is 5.35. The van der Waals surface area contributed by atoms with Crippen LogP contribution in [0.2, 0.25) is 0 Å². The minimum Gasteiger partial charge on any atom is -0.427 e. The van der Waals surface area contributed by atoms with Gasteiger partial charge in [0.15, 0.2) is 0 Å². The van der Waals surface area contributed by atoms with Crippen molar-refractivity contribution in [3.8, 4) is 11.5 Å². The molecule has 2 heterocycles. The number of carbonyl (C=O) groups excluding carboxylic acids is 2. The van der Waals surface area contributed by atoms with E-state index < -0.39 is 0 Å². The topological polar surface area (TPSA) is 77.7 Å². The van der Waals surface area contributed by atoms with Gasteiger partial charge >= 0.3 is 11.9 Å². The molecule has 2 aromatic carbocycles. The van der Waals surface area contributed by atoms with Crippen LogP contribution in [0.3, 0.4) is 0 Å². The van der Waals surface area contributed by atoms with Crippen LogP contribution in [0.4, 0.5) is 0 Å². The molecule has 2 atom stereocenters. The van der Waals surface area contributed by atoms with Crippen molar-refractivity contribution >= 4 is 22.7 Å². The van der Waals surface area contributed by atoms with Gasteiger partial charge in [-0.3, -0.25) is 9.59 Å². The van der Waals surface area contributed by atoms with Crippen molar-refractivity contribution in [2.45, 2.75) is 76.4 Å². The number of fused-ring (bicyclic) bond motifs is 1. The summed E-state index contributed by atoms with van der Waals surface area (Å²) >= 11 is 0. The molecule has 0 aliphatic carbocycles. The predicted molar refractivity (Wildman–Crippen MR) is 121 cm³/mol. The van der Waals surface area contributed by atoms with Crippen LogP contribution in [0.25, 0.3) is 10.8 Å². The number of rotatable bonds is 14. The number of carbonyl (C=O) groups is 2. The molecule has 4 rings (SSSR count). The Morgan fingerprint density at radius 3 is 1.84 bits per heavy atom. The Morgan fingerprint density at radius 1 is 0.688 bits per heavy atom. The molecule has 6 heteroatoms. The maximum absolute atomic E-state index is 12.2. The molecule has 0 spiro atoms. The Bertz CT molecular complexity index is 916. The molecule has 0 saturated carbocycles. The molecule has 0 N–H and O–H groups in total. The normalized spacial score (nSPS) is 19.0. The number of esters is 2. The van der Waals surface area contributed by atoms with Gasteiger partial charge in [-0.2, -0.15) is 0 Å². The molecule has 2 fully saturated rings. The van der Waals surface area contributed by atoms with E-state index in [1.165, 1.54) is 25.7 Å². The Hall–Kier alpha value is -2.44. The van der Waals surface area contributed by atoms with Crippen LogP contribution in [0.1, 0.15) is 64.2 Å². The summed E-state index contributed by atoms with van der Waals surface area (Å²) < 4.78 is 21.3. The SMILES string of the molecule is O=C(CCCCCCCCC1CO1)Oc1ccc2ccc(OC(=O)CCC3CO3)cc2c1. The number of ether oxygens (including phenoxy) is 4. The zero-order chi connectivity index (χ0) is 22.2. The first-order chi connectivity index (χ1) is 15.7. The highest BCUT2D eigenvalue weighted by molar-refractivity contribution is 5.87. The van der Waals surface area contributed by atoms with Gasteiger partial charge in [-0.25, -0.2) is 0 Å². The Labute approximate surface area is 189 Å². The molecule has 6 nitrogen and oxygen atoms in total. The van der Waals surface area contributed by atoms with Gasteiger partial charge in [-0.15, -0.1) is 0 Å². The lowest BCUT2D eigenvalue weighted by atomic mass is 10.1. The Kier molecular flexibility index (Phi) is 8.13. The summed E-state index contributed by atoms with van der Waals surface area (Å²) in [6.07, 6.45) is 10.2. The average molecular weight is 441 g/mol. The van der Waals surface area contributed by atoms with Crippen molar-refractivity contribution < 1.29 is 28.5 Å². The minimum atomic E-state index is -0.264. The number of hydrogen-bond donors (Lipinski definition) is 0. The Morgan fingerprint density at radius 2 is 1.22 bits per heavy atom. The van der Waals surface area contributed by atoms with Gasteiger partial charge in [0.1, 0.15) is 11.5 Å². The lowest BCUT2D eigenvalue weighted by Gasteiger charge is -2.08. The summed E-state index contributed by atoms with van der Waals surface area (Å²) in [6, 6.07) is 11.0. The van der Waals surface area contributed by atoms with Crippen molar-refractivity contribution in [2.75, 3.05) is 13.2 Å². The van der Waals surface area contributed by atoms with Gasteiger partial charge in [-0.1, -0.05) is 44.2 Å². The van der Waals surface area contributed by atoms with Crippen LogP contribution in [-0.4, -0.2) is 37.4 Å². The van der Waals surface area contributed by atoms with Crippen molar-refractivity contribution in [1.82, 2.24) is 0 Å². The molecule has 172 valence electrons. The lowest BCUT2D eigenvalue weighted by molar-refractivity contribution is -0.135. The van der Waals surface area contributed by atoms with Crippen LogP contribution < -0.4 is 9.47 Å². The van der Waals surface area contributed by atoms with E-state index in [4.69, 9.17) is 18.9 Å². The first-order valence-corrected chi connectivity index (χ1v) is 11.8. The second-order valence-electron chi connectivity index (χ2n) is 8.73. The van der Waals surface area contributed by atoms with Gasteiger partial charge in [0, 0.05) is 12.8 Å². The van der Waals surface area contributed by atoms with E-state index in [9.17, 15) is 9.59 Å². The zero-order valence-electron chi connectivity index (χ0n) is 18.6. The average Bonchev–Trinajstić information content (AvgIpc) is 3.69. The molecule has 2 aliphatic heterocycles. The van der Waals surface area contributed by atoms with E-state index in [0.717, 1.165) is 43.2 Å². The maximum atomic E-state index is 12.2. The fourth-order valence-corrected chi connectivity index (χ4v) is 3.79. The highest BCUT2D eigenvalue weighted by Crippen LogP contribution is 2.26. The van der Waals surface area contributed by atoms with Crippen LogP contribution in [0.15, 0.2) is 36.4 Å². The monoisotopic (exact) mass is 440 g/mol. The molecule has 0 bridgehead atoms. The van der Waals surface area contributed by atoms with Gasteiger partial charge in [0.05, 0.1) is 25.4 Å². The first-order valence-electron chi connectivity index (χ1n) is 11.8. The van der Waals surface area contributed by atoms with Crippen molar-refractivity contribution in [3.05, 3.63) is 36.4 Å².